The largest absolute Gasteiger partial charge is 0.496 e. The maximum atomic E-state index is 12.2. The van der Waals surface area contributed by atoms with Gasteiger partial charge >= 0.3 is 0 Å². The first-order valence-corrected chi connectivity index (χ1v) is 6.77. The number of amides is 1. The molecule has 6 heteroatoms. The fraction of sp³-hybridized carbons (Fsp3) is 0.533. The Kier molecular flexibility index (Phi) is 8.81. The molecule has 21 heavy (non-hydrogen) atoms. The zero-order valence-corrected chi connectivity index (χ0v) is 14.1. The van der Waals surface area contributed by atoms with Crippen molar-refractivity contribution < 1.29 is 14.3 Å². The van der Waals surface area contributed by atoms with Gasteiger partial charge in [0.1, 0.15) is 11.5 Å². The lowest BCUT2D eigenvalue weighted by Gasteiger charge is -2.15. The van der Waals surface area contributed by atoms with E-state index in [2.05, 4.69) is 10.6 Å². The zero-order chi connectivity index (χ0) is 15.1. The van der Waals surface area contributed by atoms with Crippen LogP contribution in [0.4, 0.5) is 0 Å². The Balaban J connectivity index is 0.00000400. The molecule has 0 aliphatic heterocycles. The molecule has 0 aliphatic rings. The van der Waals surface area contributed by atoms with Gasteiger partial charge in [-0.1, -0.05) is 6.92 Å². The molecule has 0 spiro atoms. The minimum Gasteiger partial charge on any atom is -0.496 e. The molecule has 1 aromatic carbocycles. The predicted octanol–water partition coefficient (Wildman–Crippen LogP) is 2.16. The summed E-state index contributed by atoms with van der Waals surface area (Å²) in [5.74, 6) is 1.16. The maximum absolute atomic E-state index is 12.2. The van der Waals surface area contributed by atoms with Gasteiger partial charge in [0, 0.05) is 23.7 Å². The molecule has 1 rings (SSSR count). The molecule has 0 bridgehead atoms. The van der Waals surface area contributed by atoms with Crippen molar-refractivity contribution in [2.45, 2.75) is 26.8 Å². The Morgan fingerprint density at radius 2 is 1.76 bits per heavy atom. The van der Waals surface area contributed by atoms with Gasteiger partial charge < -0.3 is 20.1 Å². The van der Waals surface area contributed by atoms with Crippen LogP contribution in [-0.2, 0) is 0 Å². The second kappa shape index (κ2) is 9.47. The molecule has 2 N–H and O–H groups in total. The number of carbonyl (C=O) groups is 1. The van der Waals surface area contributed by atoms with Crippen molar-refractivity contribution in [3.05, 3.63) is 23.3 Å². The summed E-state index contributed by atoms with van der Waals surface area (Å²) in [5, 5.41) is 6.14. The van der Waals surface area contributed by atoms with Gasteiger partial charge in [0.15, 0.2) is 0 Å². The van der Waals surface area contributed by atoms with Crippen molar-refractivity contribution in [3.63, 3.8) is 0 Å². The lowest BCUT2D eigenvalue weighted by molar-refractivity contribution is 0.0949. The lowest BCUT2D eigenvalue weighted by atomic mass is 10.1. The fourth-order valence-electron chi connectivity index (χ4n) is 1.99. The van der Waals surface area contributed by atoms with Crippen molar-refractivity contribution in [2.24, 2.45) is 0 Å². The molecule has 5 nitrogen and oxygen atoms in total. The van der Waals surface area contributed by atoms with E-state index in [1.165, 1.54) is 0 Å². The third-order valence-corrected chi connectivity index (χ3v) is 3.14. The van der Waals surface area contributed by atoms with Crippen LogP contribution in [0.25, 0.3) is 0 Å². The van der Waals surface area contributed by atoms with Gasteiger partial charge in [0.05, 0.1) is 14.2 Å². The predicted molar refractivity (Wildman–Crippen MR) is 87.0 cm³/mol. The second-order valence-electron chi connectivity index (χ2n) is 4.67. The molecule has 120 valence electrons. The van der Waals surface area contributed by atoms with E-state index >= 15 is 0 Å². The number of hydrogen-bond donors (Lipinski definition) is 2. The zero-order valence-electron chi connectivity index (χ0n) is 13.3. The van der Waals surface area contributed by atoms with E-state index in [-0.39, 0.29) is 24.4 Å². The number of methoxy groups -OCH3 is 2. The highest BCUT2D eigenvalue weighted by molar-refractivity contribution is 5.95. The highest BCUT2D eigenvalue weighted by Gasteiger charge is 2.13. The topological polar surface area (TPSA) is 59.6 Å². The van der Waals surface area contributed by atoms with Crippen molar-refractivity contribution in [3.8, 4) is 11.5 Å². The van der Waals surface area contributed by atoms with E-state index in [0.29, 0.717) is 23.6 Å². The van der Waals surface area contributed by atoms with E-state index in [0.717, 1.165) is 12.1 Å². The number of ether oxygens (including phenoxy) is 2. The summed E-state index contributed by atoms with van der Waals surface area (Å²) < 4.78 is 10.5. The van der Waals surface area contributed by atoms with E-state index in [1.54, 1.807) is 26.4 Å². The quantitative estimate of drug-likeness (QED) is 0.809. The van der Waals surface area contributed by atoms with Gasteiger partial charge in [-0.15, -0.1) is 12.4 Å². The fourth-order valence-corrected chi connectivity index (χ4v) is 1.99. The van der Waals surface area contributed by atoms with E-state index in [1.807, 2.05) is 20.8 Å². The Morgan fingerprint density at radius 1 is 1.24 bits per heavy atom. The average Bonchev–Trinajstić information content (AvgIpc) is 2.45. The molecule has 0 heterocycles. The number of halogens is 1. The standard InChI is InChI=1S/C15H24N2O3.ClH/c1-6-16-10(2)9-17-15(18)12-7-13(19-4)11(3)14(8-12)20-5;/h7-8,10,16H,6,9H2,1-5H3,(H,17,18);1H/t10-;/m1./s1. The third-order valence-electron chi connectivity index (χ3n) is 3.14. The number of rotatable bonds is 7. The molecule has 0 saturated carbocycles. The van der Waals surface area contributed by atoms with Crippen LogP contribution in [0.15, 0.2) is 12.1 Å². The SMILES string of the molecule is CCN[C@H](C)CNC(=O)c1cc(OC)c(C)c(OC)c1.Cl. The normalized spacial score (nSPS) is 11.3. The summed E-state index contributed by atoms with van der Waals surface area (Å²) in [6.45, 7) is 7.41. The summed E-state index contributed by atoms with van der Waals surface area (Å²) in [4.78, 5) is 12.2. The third kappa shape index (κ3) is 5.44. The van der Waals surface area contributed by atoms with Crippen LogP contribution in [0.3, 0.4) is 0 Å². The van der Waals surface area contributed by atoms with Gasteiger partial charge in [-0.25, -0.2) is 0 Å². The summed E-state index contributed by atoms with van der Waals surface area (Å²) in [6, 6.07) is 3.69. The molecular weight excluding hydrogens is 292 g/mol. The van der Waals surface area contributed by atoms with Gasteiger partial charge in [0.2, 0.25) is 0 Å². The lowest BCUT2D eigenvalue weighted by Crippen LogP contribution is -2.38. The molecular formula is C15H25ClN2O3. The Hall–Kier alpha value is -1.46. The molecule has 0 fully saturated rings. The van der Waals surface area contributed by atoms with E-state index in [9.17, 15) is 4.79 Å². The highest BCUT2D eigenvalue weighted by Crippen LogP contribution is 2.29. The van der Waals surface area contributed by atoms with Gasteiger partial charge in [-0.3, -0.25) is 4.79 Å². The van der Waals surface area contributed by atoms with Gasteiger partial charge in [-0.2, -0.15) is 0 Å². The molecule has 0 radical (unpaired) electrons. The van der Waals surface area contributed by atoms with Crippen LogP contribution < -0.4 is 20.1 Å². The Bertz CT molecular complexity index is 441. The van der Waals surface area contributed by atoms with E-state index < -0.39 is 0 Å². The van der Waals surface area contributed by atoms with Crippen molar-refractivity contribution >= 4 is 18.3 Å². The smallest absolute Gasteiger partial charge is 0.251 e. The number of likely N-dealkylation sites (N-methyl/N-ethyl adjacent to an activating group) is 1. The first-order valence-electron chi connectivity index (χ1n) is 6.77. The van der Waals surface area contributed by atoms with Crippen LogP contribution in [0, 0.1) is 6.92 Å². The summed E-state index contributed by atoms with van der Waals surface area (Å²) >= 11 is 0. The summed E-state index contributed by atoms with van der Waals surface area (Å²) in [5.41, 5.74) is 1.42. The summed E-state index contributed by atoms with van der Waals surface area (Å²) in [6.07, 6.45) is 0. The highest BCUT2D eigenvalue weighted by atomic mass is 35.5. The minimum atomic E-state index is -0.133. The molecule has 0 aliphatic carbocycles. The molecule has 1 atom stereocenters. The van der Waals surface area contributed by atoms with Crippen molar-refractivity contribution in [2.75, 3.05) is 27.3 Å². The monoisotopic (exact) mass is 316 g/mol. The van der Waals surface area contributed by atoms with Gasteiger partial charge in [0.25, 0.3) is 5.91 Å². The van der Waals surface area contributed by atoms with Crippen LogP contribution in [0.2, 0.25) is 0 Å². The molecule has 0 aromatic heterocycles. The van der Waals surface area contributed by atoms with Crippen LogP contribution >= 0.6 is 12.4 Å². The number of nitrogens with one attached hydrogen (secondary N) is 2. The van der Waals surface area contributed by atoms with Crippen LogP contribution in [-0.4, -0.2) is 39.3 Å². The Morgan fingerprint density at radius 3 is 2.19 bits per heavy atom. The molecule has 0 unspecified atom stereocenters. The van der Waals surface area contributed by atoms with Gasteiger partial charge in [-0.05, 0) is 32.5 Å². The van der Waals surface area contributed by atoms with Crippen LogP contribution in [0.1, 0.15) is 29.8 Å². The van der Waals surface area contributed by atoms with Crippen LogP contribution in [0.5, 0.6) is 11.5 Å². The second-order valence-corrected chi connectivity index (χ2v) is 4.67. The summed E-state index contributed by atoms with van der Waals surface area (Å²) in [7, 11) is 3.16. The molecule has 1 amide bonds. The number of benzene rings is 1. The van der Waals surface area contributed by atoms with E-state index in [4.69, 9.17) is 9.47 Å². The number of carbonyl (C=O) groups excluding carboxylic acids is 1. The van der Waals surface area contributed by atoms with Crippen molar-refractivity contribution in [1.29, 1.82) is 0 Å². The Labute approximate surface area is 132 Å². The average molecular weight is 317 g/mol. The first kappa shape index (κ1) is 19.5. The maximum Gasteiger partial charge on any atom is 0.251 e. The molecule has 0 saturated heterocycles. The van der Waals surface area contributed by atoms with Crippen molar-refractivity contribution in [1.82, 2.24) is 10.6 Å². The first-order chi connectivity index (χ1) is 9.53. The number of hydrogen-bond acceptors (Lipinski definition) is 4. The minimum absolute atomic E-state index is 0. The molecule has 1 aromatic rings.